The molecule has 3 aromatic carbocycles. The number of carbonyl (C=O) groups is 1. The van der Waals surface area contributed by atoms with Crippen LogP contribution in [-0.2, 0) is 10.0 Å². The second-order valence-corrected chi connectivity index (χ2v) is 8.19. The molecule has 0 bridgehead atoms. The molecule has 0 aliphatic carbocycles. The zero-order valence-electron chi connectivity index (χ0n) is 15.5. The summed E-state index contributed by atoms with van der Waals surface area (Å²) in [6.45, 7) is 1.67. The number of hydrazone groups is 1. The molecule has 0 atom stereocenters. The fraction of sp³-hybridized carbons (Fsp3) is 0.0476. The molecule has 0 fully saturated rings. The molecule has 0 heterocycles. The van der Waals surface area contributed by atoms with Crippen LogP contribution < -0.4 is 10.1 Å². The number of nitrogens with one attached hydrogen (secondary N) is 2. The van der Waals surface area contributed by atoms with Crippen LogP contribution in [0.3, 0.4) is 0 Å². The zero-order chi connectivity index (χ0) is 20.9. The molecule has 0 unspecified atom stereocenters. The Bertz CT molecular complexity index is 1160. The third-order valence-corrected chi connectivity index (χ3v) is 5.60. The van der Waals surface area contributed by atoms with Crippen LogP contribution in [0.5, 0.6) is 0 Å². The van der Waals surface area contributed by atoms with E-state index in [0.29, 0.717) is 27.5 Å². The fourth-order valence-corrected chi connectivity index (χ4v) is 3.61. The highest BCUT2D eigenvalue weighted by molar-refractivity contribution is 7.89. The van der Waals surface area contributed by atoms with Crippen molar-refractivity contribution >= 4 is 38.9 Å². The van der Waals surface area contributed by atoms with Gasteiger partial charge in [0.25, 0.3) is 15.9 Å². The van der Waals surface area contributed by atoms with Crippen LogP contribution in [-0.4, -0.2) is 20.0 Å². The molecule has 0 radical (unpaired) electrons. The van der Waals surface area contributed by atoms with Crippen molar-refractivity contribution in [3.05, 3.63) is 95.0 Å². The molecule has 0 aromatic heterocycles. The molecule has 148 valence electrons. The molecule has 2 N–H and O–H groups in total. The zero-order valence-corrected chi connectivity index (χ0v) is 17.0. The second kappa shape index (κ2) is 8.89. The molecular weight excluding hydrogens is 410 g/mol. The van der Waals surface area contributed by atoms with Gasteiger partial charge in [-0.2, -0.15) is 18.4 Å². The summed E-state index contributed by atoms with van der Waals surface area (Å²) < 4.78 is 24.6. The van der Waals surface area contributed by atoms with E-state index in [0.717, 1.165) is 0 Å². The first-order valence-corrected chi connectivity index (χ1v) is 10.5. The van der Waals surface area contributed by atoms with Gasteiger partial charge >= 0.3 is 0 Å². The summed E-state index contributed by atoms with van der Waals surface area (Å²) in [4.78, 5) is 14.8. The standard InChI is InChI=1S/C21H18ClN3O3S/c1-15(24-25-29(27,28)18-10-3-2-4-11-18)16-8-7-9-17(14-16)23-21(26)19-12-5-6-13-20(19)22/h2-14,25H,1H3,(H,23,26)/b24-15+. The van der Waals surface area contributed by atoms with E-state index in [9.17, 15) is 13.2 Å². The van der Waals surface area contributed by atoms with Crippen molar-refractivity contribution in [2.75, 3.05) is 5.32 Å². The van der Waals surface area contributed by atoms with Crippen molar-refractivity contribution in [3.63, 3.8) is 0 Å². The van der Waals surface area contributed by atoms with Crippen LogP contribution in [0.15, 0.2) is 88.9 Å². The molecule has 0 aliphatic heterocycles. The quantitative estimate of drug-likeness (QED) is 0.454. The summed E-state index contributed by atoms with van der Waals surface area (Å²) in [5.74, 6) is -0.341. The number of amides is 1. The summed E-state index contributed by atoms with van der Waals surface area (Å²) in [5, 5.41) is 7.11. The number of hydrogen-bond acceptors (Lipinski definition) is 4. The first-order valence-electron chi connectivity index (χ1n) is 8.64. The lowest BCUT2D eigenvalue weighted by molar-refractivity contribution is 0.102. The monoisotopic (exact) mass is 427 g/mol. The largest absolute Gasteiger partial charge is 0.322 e. The molecular formula is C21H18ClN3O3S. The van der Waals surface area contributed by atoms with Gasteiger partial charge in [-0.25, -0.2) is 0 Å². The summed E-state index contributed by atoms with van der Waals surface area (Å²) >= 11 is 6.06. The molecule has 8 heteroatoms. The minimum absolute atomic E-state index is 0.123. The summed E-state index contributed by atoms with van der Waals surface area (Å²) in [6, 6.07) is 21.6. The first-order chi connectivity index (χ1) is 13.9. The average Bonchev–Trinajstić information content (AvgIpc) is 2.73. The first kappa shape index (κ1) is 20.6. The van der Waals surface area contributed by atoms with Crippen molar-refractivity contribution in [1.29, 1.82) is 0 Å². The van der Waals surface area contributed by atoms with Gasteiger partial charge in [-0.1, -0.05) is 54.1 Å². The third-order valence-electron chi connectivity index (χ3n) is 4.04. The van der Waals surface area contributed by atoms with Gasteiger partial charge < -0.3 is 5.32 Å². The lowest BCUT2D eigenvalue weighted by Gasteiger charge is -2.09. The second-order valence-electron chi connectivity index (χ2n) is 6.12. The Kier molecular flexibility index (Phi) is 6.31. The average molecular weight is 428 g/mol. The number of anilines is 1. The molecule has 3 aromatic rings. The van der Waals surface area contributed by atoms with E-state index < -0.39 is 10.0 Å². The molecule has 3 rings (SSSR count). The molecule has 0 saturated carbocycles. The van der Waals surface area contributed by atoms with Crippen LogP contribution in [0.4, 0.5) is 5.69 Å². The van der Waals surface area contributed by atoms with Gasteiger partial charge in [-0.3, -0.25) is 4.79 Å². The summed E-state index contributed by atoms with van der Waals surface area (Å²) in [6.07, 6.45) is 0. The number of benzene rings is 3. The van der Waals surface area contributed by atoms with Crippen LogP contribution in [0, 0.1) is 0 Å². The van der Waals surface area contributed by atoms with Crippen molar-refractivity contribution in [1.82, 2.24) is 4.83 Å². The van der Waals surface area contributed by atoms with Gasteiger partial charge in [0.05, 0.1) is 21.2 Å². The van der Waals surface area contributed by atoms with Gasteiger partial charge in [0.15, 0.2) is 0 Å². The van der Waals surface area contributed by atoms with Crippen molar-refractivity contribution in [2.45, 2.75) is 11.8 Å². The van der Waals surface area contributed by atoms with E-state index >= 15 is 0 Å². The maximum Gasteiger partial charge on any atom is 0.276 e. The normalized spacial score (nSPS) is 11.7. The maximum atomic E-state index is 12.4. The van der Waals surface area contributed by atoms with E-state index in [2.05, 4.69) is 15.2 Å². The molecule has 0 saturated heterocycles. The summed E-state index contributed by atoms with van der Waals surface area (Å²) in [5.41, 5.74) is 1.99. The third kappa shape index (κ3) is 5.22. The van der Waals surface area contributed by atoms with E-state index in [1.807, 2.05) is 0 Å². The number of carbonyl (C=O) groups excluding carboxylic acids is 1. The Morgan fingerprint density at radius 2 is 1.62 bits per heavy atom. The molecule has 0 aliphatic rings. The minimum Gasteiger partial charge on any atom is -0.322 e. The van der Waals surface area contributed by atoms with Gasteiger partial charge in [-0.15, -0.1) is 0 Å². The maximum absolute atomic E-state index is 12.4. The van der Waals surface area contributed by atoms with E-state index in [4.69, 9.17) is 11.6 Å². The Balaban J connectivity index is 1.76. The summed E-state index contributed by atoms with van der Waals surface area (Å²) in [7, 11) is -3.76. The highest BCUT2D eigenvalue weighted by Crippen LogP contribution is 2.18. The van der Waals surface area contributed by atoms with Crippen LogP contribution in [0.1, 0.15) is 22.8 Å². The SMILES string of the molecule is C/C(=N\NS(=O)(=O)c1ccccc1)c1cccc(NC(=O)c2ccccc2Cl)c1. The number of rotatable bonds is 6. The molecule has 1 amide bonds. The molecule has 0 spiro atoms. The number of nitrogens with zero attached hydrogens (tertiary/aromatic N) is 1. The predicted molar refractivity (Wildman–Crippen MR) is 115 cm³/mol. The van der Waals surface area contributed by atoms with Gasteiger partial charge in [-0.05, 0) is 48.9 Å². The Morgan fingerprint density at radius 3 is 2.34 bits per heavy atom. The number of hydrogen-bond donors (Lipinski definition) is 2. The van der Waals surface area contributed by atoms with E-state index in [1.54, 1.807) is 73.7 Å². The van der Waals surface area contributed by atoms with Crippen LogP contribution in [0.2, 0.25) is 5.02 Å². The number of halogens is 1. The Morgan fingerprint density at radius 1 is 0.931 bits per heavy atom. The Hall–Kier alpha value is -3.16. The van der Waals surface area contributed by atoms with Crippen molar-refractivity contribution in [2.24, 2.45) is 5.10 Å². The highest BCUT2D eigenvalue weighted by atomic mass is 35.5. The fourth-order valence-electron chi connectivity index (χ4n) is 2.51. The van der Waals surface area contributed by atoms with Crippen molar-refractivity contribution in [3.8, 4) is 0 Å². The minimum atomic E-state index is -3.76. The smallest absolute Gasteiger partial charge is 0.276 e. The van der Waals surface area contributed by atoms with Gasteiger partial charge in [0.1, 0.15) is 0 Å². The van der Waals surface area contributed by atoms with Crippen LogP contribution >= 0.6 is 11.6 Å². The lowest BCUT2D eigenvalue weighted by atomic mass is 10.1. The van der Waals surface area contributed by atoms with Crippen LogP contribution in [0.25, 0.3) is 0 Å². The highest BCUT2D eigenvalue weighted by Gasteiger charge is 2.13. The van der Waals surface area contributed by atoms with E-state index in [-0.39, 0.29) is 10.8 Å². The number of sulfonamides is 1. The predicted octanol–water partition coefficient (Wildman–Crippen LogP) is 4.29. The molecule has 29 heavy (non-hydrogen) atoms. The lowest BCUT2D eigenvalue weighted by Crippen LogP contribution is -2.20. The topological polar surface area (TPSA) is 87.6 Å². The van der Waals surface area contributed by atoms with Gasteiger partial charge in [0.2, 0.25) is 0 Å². The van der Waals surface area contributed by atoms with E-state index in [1.165, 1.54) is 12.1 Å². The Labute approximate surface area is 174 Å². The molecule has 6 nitrogen and oxygen atoms in total. The van der Waals surface area contributed by atoms with Gasteiger partial charge in [0, 0.05) is 5.69 Å². The van der Waals surface area contributed by atoms with Crippen molar-refractivity contribution < 1.29 is 13.2 Å².